The van der Waals surface area contributed by atoms with Gasteiger partial charge in [0.2, 0.25) is 0 Å². The van der Waals surface area contributed by atoms with Gasteiger partial charge < -0.3 is 15.0 Å². The lowest BCUT2D eigenvalue weighted by Gasteiger charge is -2.26. The molecule has 0 radical (unpaired) electrons. The Morgan fingerprint density at radius 3 is 2.70 bits per heavy atom. The summed E-state index contributed by atoms with van der Waals surface area (Å²) in [5.41, 5.74) is 3.42. The van der Waals surface area contributed by atoms with Crippen molar-refractivity contribution in [3.63, 3.8) is 0 Å². The van der Waals surface area contributed by atoms with E-state index in [9.17, 15) is 4.79 Å². The van der Waals surface area contributed by atoms with Crippen LogP contribution in [0.1, 0.15) is 16.1 Å². The zero-order chi connectivity index (χ0) is 16.2. The summed E-state index contributed by atoms with van der Waals surface area (Å²) in [4.78, 5) is 18.5. The summed E-state index contributed by atoms with van der Waals surface area (Å²) in [6, 6.07) is 9.68. The number of carbonyl (C=O) groups is 1. The van der Waals surface area contributed by atoms with Crippen LogP contribution in [0, 0.1) is 6.92 Å². The van der Waals surface area contributed by atoms with Crippen molar-refractivity contribution >= 4 is 33.2 Å². The molecule has 2 heterocycles. The Bertz CT molecular complexity index is 715. The molecule has 0 bridgehead atoms. The van der Waals surface area contributed by atoms with Crippen LogP contribution in [0.2, 0.25) is 0 Å². The van der Waals surface area contributed by atoms with E-state index in [1.807, 2.05) is 31.2 Å². The number of hydrogen-bond donors (Lipinski definition) is 1. The van der Waals surface area contributed by atoms with E-state index in [-0.39, 0.29) is 5.91 Å². The second-order valence-electron chi connectivity index (χ2n) is 5.42. The minimum Gasteiger partial charge on any atom is -0.378 e. The number of aryl methyl sites for hydroxylation is 1. The first-order valence-electron chi connectivity index (χ1n) is 7.50. The zero-order valence-corrected chi connectivity index (χ0v) is 14.5. The Morgan fingerprint density at radius 2 is 1.96 bits per heavy atom. The van der Waals surface area contributed by atoms with E-state index in [1.54, 1.807) is 17.2 Å². The lowest BCUT2D eigenvalue weighted by molar-refractivity contribution is 0.0299. The van der Waals surface area contributed by atoms with E-state index >= 15 is 0 Å². The highest BCUT2D eigenvalue weighted by molar-refractivity contribution is 9.10. The second-order valence-corrected chi connectivity index (χ2v) is 6.28. The molecule has 1 aromatic heterocycles. The third-order valence-electron chi connectivity index (χ3n) is 3.72. The standard InChI is InChI=1S/C17H18BrN3O2/c1-12-10-13(2-3-15(12)18)20-14-4-5-19-16(11-14)17(22)21-6-8-23-9-7-21/h2-5,10-11H,6-9H2,1H3,(H,19,20). The monoisotopic (exact) mass is 375 g/mol. The van der Waals surface area contributed by atoms with Gasteiger partial charge >= 0.3 is 0 Å². The fourth-order valence-corrected chi connectivity index (χ4v) is 2.69. The number of aromatic nitrogens is 1. The van der Waals surface area contributed by atoms with Crippen LogP contribution in [-0.4, -0.2) is 42.1 Å². The molecule has 3 rings (SSSR count). The van der Waals surface area contributed by atoms with Crippen molar-refractivity contribution in [2.75, 3.05) is 31.6 Å². The predicted molar refractivity (Wildman–Crippen MR) is 93.1 cm³/mol. The summed E-state index contributed by atoms with van der Waals surface area (Å²) in [5, 5.41) is 3.31. The van der Waals surface area contributed by atoms with Crippen molar-refractivity contribution in [3.05, 3.63) is 52.3 Å². The third kappa shape index (κ3) is 3.89. The maximum Gasteiger partial charge on any atom is 0.272 e. The van der Waals surface area contributed by atoms with Gasteiger partial charge in [-0.05, 0) is 42.8 Å². The topological polar surface area (TPSA) is 54.5 Å². The number of morpholine rings is 1. The van der Waals surface area contributed by atoms with Crippen molar-refractivity contribution in [3.8, 4) is 0 Å². The number of nitrogens with one attached hydrogen (secondary N) is 1. The Balaban J connectivity index is 1.76. The molecule has 1 amide bonds. The Morgan fingerprint density at radius 1 is 1.22 bits per heavy atom. The minimum atomic E-state index is -0.0519. The number of amides is 1. The fraction of sp³-hybridized carbons (Fsp3) is 0.294. The summed E-state index contributed by atoms with van der Waals surface area (Å²) in [6.45, 7) is 4.44. The molecular weight excluding hydrogens is 358 g/mol. The van der Waals surface area contributed by atoms with Crippen LogP contribution in [0.3, 0.4) is 0 Å². The lowest BCUT2D eigenvalue weighted by Crippen LogP contribution is -2.41. The lowest BCUT2D eigenvalue weighted by atomic mass is 10.2. The molecule has 6 heteroatoms. The van der Waals surface area contributed by atoms with Gasteiger partial charge in [-0.3, -0.25) is 9.78 Å². The molecule has 5 nitrogen and oxygen atoms in total. The molecule has 0 aliphatic carbocycles. The molecule has 0 spiro atoms. The average molecular weight is 376 g/mol. The highest BCUT2D eigenvalue weighted by Gasteiger charge is 2.19. The molecule has 1 aliphatic rings. The summed E-state index contributed by atoms with van der Waals surface area (Å²) in [5.74, 6) is -0.0519. The van der Waals surface area contributed by atoms with Crippen molar-refractivity contribution in [2.24, 2.45) is 0 Å². The maximum atomic E-state index is 12.5. The number of benzene rings is 1. The van der Waals surface area contributed by atoms with Crippen LogP contribution >= 0.6 is 15.9 Å². The van der Waals surface area contributed by atoms with E-state index in [1.165, 1.54) is 0 Å². The maximum absolute atomic E-state index is 12.5. The first-order valence-corrected chi connectivity index (χ1v) is 8.29. The molecular formula is C17H18BrN3O2. The van der Waals surface area contributed by atoms with Crippen LogP contribution in [0.15, 0.2) is 41.0 Å². The van der Waals surface area contributed by atoms with Crippen LogP contribution in [0.4, 0.5) is 11.4 Å². The summed E-state index contributed by atoms with van der Waals surface area (Å²) in [7, 11) is 0. The Kier molecular flexibility index (Phi) is 4.93. The van der Waals surface area contributed by atoms with E-state index in [4.69, 9.17) is 4.74 Å². The van der Waals surface area contributed by atoms with Gasteiger partial charge in [-0.2, -0.15) is 0 Å². The van der Waals surface area contributed by atoms with Gasteiger partial charge in [-0.15, -0.1) is 0 Å². The fourth-order valence-electron chi connectivity index (χ4n) is 2.44. The highest BCUT2D eigenvalue weighted by Crippen LogP contribution is 2.23. The molecule has 0 unspecified atom stereocenters. The molecule has 1 aliphatic heterocycles. The number of nitrogens with zero attached hydrogens (tertiary/aromatic N) is 2. The quantitative estimate of drug-likeness (QED) is 0.893. The summed E-state index contributed by atoms with van der Waals surface area (Å²) < 4.78 is 6.35. The number of anilines is 2. The normalized spacial score (nSPS) is 14.6. The average Bonchev–Trinajstić information content (AvgIpc) is 2.58. The van der Waals surface area contributed by atoms with E-state index < -0.39 is 0 Å². The number of ether oxygens (including phenoxy) is 1. The van der Waals surface area contributed by atoms with Gasteiger partial charge in [0.25, 0.3) is 5.91 Å². The van der Waals surface area contributed by atoms with E-state index in [0.29, 0.717) is 32.0 Å². The predicted octanol–water partition coefficient (Wildman–Crippen LogP) is 3.37. The van der Waals surface area contributed by atoms with Crippen molar-refractivity contribution in [1.82, 2.24) is 9.88 Å². The van der Waals surface area contributed by atoms with E-state index in [0.717, 1.165) is 21.4 Å². The van der Waals surface area contributed by atoms with Crippen LogP contribution in [0.5, 0.6) is 0 Å². The van der Waals surface area contributed by atoms with Gasteiger partial charge in [-0.1, -0.05) is 15.9 Å². The summed E-state index contributed by atoms with van der Waals surface area (Å²) in [6.07, 6.45) is 1.65. The van der Waals surface area contributed by atoms with Crippen LogP contribution < -0.4 is 5.32 Å². The van der Waals surface area contributed by atoms with Crippen LogP contribution in [0.25, 0.3) is 0 Å². The first kappa shape index (κ1) is 16.0. The Labute approximate surface area is 143 Å². The minimum absolute atomic E-state index is 0.0519. The molecule has 1 fully saturated rings. The smallest absolute Gasteiger partial charge is 0.272 e. The number of halogens is 1. The molecule has 0 saturated carbocycles. The molecule has 2 aromatic rings. The molecule has 1 aromatic carbocycles. The third-order valence-corrected chi connectivity index (χ3v) is 4.61. The number of rotatable bonds is 3. The zero-order valence-electron chi connectivity index (χ0n) is 12.9. The second kappa shape index (κ2) is 7.10. The van der Waals surface area contributed by atoms with Crippen molar-refractivity contribution < 1.29 is 9.53 Å². The molecule has 120 valence electrons. The van der Waals surface area contributed by atoms with Gasteiger partial charge in [0.1, 0.15) is 5.69 Å². The van der Waals surface area contributed by atoms with Crippen LogP contribution in [-0.2, 0) is 4.74 Å². The largest absolute Gasteiger partial charge is 0.378 e. The molecule has 1 N–H and O–H groups in total. The van der Waals surface area contributed by atoms with E-state index in [2.05, 4.69) is 26.2 Å². The van der Waals surface area contributed by atoms with Gasteiger partial charge in [0.15, 0.2) is 0 Å². The summed E-state index contributed by atoms with van der Waals surface area (Å²) >= 11 is 3.49. The highest BCUT2D eigenvalue weighted by atomic mass is 79.9. The van der Waals surface area contributed by atoms with Gasteiger partial charge in [-0.25, -0.2) is 0 Å². The number of carbonyl (C=O) groups excluding carboxylic acids is 1. The SMILES string of the molecule is Cc1cc(Nc2ccnc(C(=O)N3CCOCC3)c2)ccc1Br. The number of pyridine rings is 1. The molecule has 0 atom stereocenters. The van der Waals surface area contributed by atoms with Crippen molar-refractivity contribution in [1.29, 1.82) is 0 Å². The van der Waals surface area contributed by atoms with Crippen molar-refractivity contribution in [2.45, 2.75) is 6.92 Å². The van der Waals surface area contributed by atoms with Gasteiger partial charge in [0, 0.05) is 35.1 Å². The first-order chi connectivity index (χ1) is 11.1. The molecule has 23 heavy (non-hydrogen) atoms. The Hall–Kier alpha value is -1.92. The number of hydrogen-bond acceptors (Lipinski definition) is 4. The molecule has 1 saturated heterocycles. The van der Waals surface area contributed by atoms with Gasteiger partial charge in [0.05, 0.1) is 13.2 Å².